The van der Waals surface area contributed by atoms with E-state index >= 15 is 0 Å². The molecule has 0 aliphatic heterocycles. The van der Waals surface area contributed by atoms with E-state index in [1.807, 2.05) is 0 Å². The highest BCUT2D eigenvalue weighted by Crippen LogP contribution is 2.36. The lowest BCUT2D eigenvalue weighted by atomic mass is 10.2. The predicted molar refractivity (Wildman–Crippen MR) is 79.4 cm³/mol. The van der Waals surface area contributed by atoms with E-state index in [0.717, 1.165) is 0 Å². The molecule has 2 aromatic rings. The second kappa shape index (κ2) is 5.86. The van der Waals surface area contributed by atoms with E-state index in [1.54, 1.807) is 6.92 Å². The molecule has 0 aliphatic carbocycles. The minimum absolute atomic E-state index is 0.262. The number of alkyl halides is 4. The van der Waals surface area contributed by atoms with Crippen molar-refractivity contribution in [3.63, 3.8) is 0 Å². The van der Waals surface area contributed by atoms with Gasteiger partial charge in [0.25, 0.3) is 0 Å². The lowest BCUT2D eigenvalue weighted by molar-refractivity contribution is -0.141. The van der Waals surface area contributed by atoms with Gasteiger partial charge in [-0.1, -0.05) is 23.2 Å². The number of aromatic nitrogens is 2. The molecule has 0 saturated carbocycles. The van der Waals surface area contributed by atoms with E-state index in [0.29, 0.717) is 21.9 Å². The molecule has 2 nitrogen and oxygen atoms in total. The summed E-state index contributed by atoms with van der Waals surface area (Å²) in [6.45, 7) is 3.13. The Labute approximate surface area is 134 Å². The molecule has 1 aromatic heterocycles. The maximum atomic E-state index is 12.7. The highest BCUT2D eigenvalue weighted by molar-refractivity contribution is 6.42. The van der Waals surface area contributed by atoms with Gasteiger partial charge >= 0.3 is 6.18 Å². The van der Waals surface area contributed by atoms with Gasteiger partial charge in [-0.05, 0) is 26.0 Å². The van der Waals surface area contributed by atoms with E-state index in [9.17, 15) is 13.2 Å². The van der Waals surface area contributed by atoms with Crippen molar-refractivity contribution in [1.29, 1.82) is 0 Å². The van der Waals surface area contributed by atoms with Crippen molar-refractivity contribution in [3.8, 4) is 0 Å². The second-order valence-corrected chi connectivity index (χ2v) is 6.35. The molecule has 0 saturated heterocycles. The Morgan fingerprint density at radius 3 is 2.29 bits per heavy atom. The molecule has 0 bridgehead atoms. The molecule has 0 spiro atoms. The summed E-state index contributed by atoms with van der Waals surface area (Å²) in [5, 5.41) is 0.0232. The quantitative estimate of drug-likeness (QED) is 0.600. The molecular formula is C13H12Cl3F3N2. The van der Waals surface area contributed by atoms with Crippen molar-refractivity contribution in [2.24, 2.45) is 0 Å². The van der Waals surface area contributed by atoms with Gasteiger partial charge in [-0.2, -0.15) is 13.2 Å². The van der Waals surface area contributed by atoms with Crippen LogP contribution in [0.15, 0.2) is 12.1 Å². The Morgan fingerprint density at radius 2 is 1.76 bits per heavy atom. The summed E-state index contributed by atoms with van der Waals surface area (Å²) in [5.74, 6) is 0.363. The van der Waals surface area contributed by atoms with Crippen LogP contribution in [0.3, 0.4) is 0 Å². The fourth-order valence-corrected chi connectivity index (χ4v) is 2.75. The number of benzene rings is 1. The number of hydrogen-bond donors (Lipinski definition) is 0. The van der Waals surface area contributed by atoms with Gasteiger partial charge in [-0.15, -0.1) is 11.6 Å². The minimum Gasteiger partial charge on any atom is -0.324 e. The summed E-state index contributed by atoms with van der Waals surface area (Å²) in [4.78, 5) is 4.29. The largest absolute Gasteiger partial charge is 0.391 e. The van der Waals surface area contributed by atoms with Crippen molar-refractivity contribution in [2.45, 2.75) is 37.9 Å². The average molecular weight is 360 g/mol. The predicted octanol–water partition coefficient (Wildman–Crippen LogP) is 6.16. The SMILES string of the molecule is CC(Cl)c1nc2cc(Cl)c(Cl)cc2n1C(C)CC(F)(F)F. The maximum absolute atomic E-state index is 12.7. The molecule has 21 heavy (non-hydrogen) atoms. The minimum atomic E-state index is -4.28. The van der Waals surface area contributed by atoms with Crippen LogP contribution in [0.5, 0.6) is 0 Å². The zero-order chi connectivity index (χ0) is 15.9. The third kappa shape index (κ3) is 3.58. The number of nitrogens with zero attached hydrogens (tertiary/aromatic N) is 2. The Kier molecular flexibility index (Phi) is 4.66. The summed E-state index contributed by atoms with van der Waals surface area (Å²) in [6, 6.07) is 2.20. The van der Waals surface area contributed by atoms with E-state index in [2.05, 4.69) is 4.98 Å². The molecule has 2 unspecified atom stereocenters. The smallest absolute Gasteiger partial charge is 0.324 e. The maximum Gasteiger partial charge on any atom is 0.391 e. The third-order valence-corrected chi connectivity index (χ3v) is 4.00. The van der Waals surface area contributed by atoms with Gasteiger partial charge in [0.2, 0.25) is 0 Å². The third-order valence-electron chi connectivity index (χ3n) is 3.08. The first kappa shape index (κ1) is 16.7. The molecule has 0 radical (unpaired) electrons. The van der Waals surface area contributed by atoms with Crippen LogP contribution >= 0.6 is 34.8 Å². The molecule has 0 amide bonds. The number of imidazole rings is 1. The van der Waals surface area contributed by atoms with Crippen molar-refractivity contribution in [2.75, 3.05) is 0 Å². The van der Waals surface area contributed by atoms with Crippen molar-refractivity contribution in [3.05, 3.63) is 28.0 Å². The first-order valence-corrected chi connectivity index (χ1v) is 7.37. The normalized spacial score (nSPS) is 15.4. The molecule has 0 N–H and O–H groups in total. The van der Waals surface area contributed by atoms with Crippen LogP contribution in [0.4, 0.5) is 13.2 Å². The van der Waals surface area contributed by atoms with E-state index in [-0.39, 0.29) is 5.02 Å². The van der Waals surface area contributed by atoms with Crippen LogP contribution in [0.25, 0.3) is 11.0 Å². The van der Waals surface area contributed by atoms with E-state index < -0.39 is 24.0 Å². The zero-order valence-electron chi connectivity index (χ0n) is 11.2. The van der Waals surface area contributed by atoms with Crippen LogP contribution in [0.1, 0.15) is 37.5 Å². The Morgan fingerprint density at radius 1 is 1.19 bits per heavy atom. The van der Waals surface area contributed by atoms with Crippen molar-refractivity contribution in [1.82, 2.24) is 9.55 Å². The Balaban J connectivity index is 2.63. The second-order valence-electron chi connectivity index (χ2n) is 4.88. The van der Waals surface area contributed by atoms with Gasteiger partial charge in [-0.3, -0.25) is 0 Å². The van der Waals surface area contributed by atoms with Gasteiger partial charge in [-0.25, -0.2) is 4.98 Å². The van der Waals surface area contributed by atoms with E-state index in [1.165, 1.54) is 23.6 Å². The number of hydrogen-bond acceptors (Lipinski definition) is 1. The monoisotopic (exact) mass is 358 g/mol. The van der Waals surface area contributed by atoms with Gasteiger partial charge in [0.15, 0.2) is 0 Å². The summed E-state index contributed by atoms with van der Waals surface area (Å²) in [5.41, 5.74) is 0.963. The van der Waals surface area contributed by atoms with Gasteiger partial charge < -0.3 is 4.57 Å². The first-order chi connectivity index (χ1) is 9.60. The summed E-state index contributed by atoms with van der Waals surface area (Å²) in [6.07, 6.45) is -5.26. The molecule has 1 heterocycles. The molecule has 2 rings (SSSR count). The molecule has 116 valence electrons. The lowest BCUT2D eigenvalue weighted by Crippen LogP contribution is -2.18. The summed E-state index contributed by atoms with van der Waals surface area (Å²) >= 11 is 17.9. The topological polar surface area (TPSA) is 17.8 Å². The van der Waals surface area contributed by atoms with Gasteiger partial charge in [0.1, 0.15) is 5.82 Å². The highest BCUT2D eigenvalue weighted by atomic mass is 35.5. The molecule has 1 aromatic carbocycles. The van der Waals surface area contributed by atoms with Gasteiger partial charge in [0.05, 0.1) is 32.9 Å². The van der Waals surface area contributed by atoms with Crippen LogP contribution in [0.2, 0.25) is 10.0 Å². The molecule has 0 aliphatic rings. The molecule has 2 atom stereocenters. The average Bonchev–Trinajstić information content (AvgIpc) is 2.66. The summed E-state index contributed by atoms with van der Waals surface area (Å²) in [7, 11) is 0. The zero-order valence-corrected chi connectivity index (χ0v) is 13.4. The van der Waals surface area contributed by atoms with Crippen LogP contribution in [0, 0.1) is 0 Å². The Bertz CT molecular complexity index is 665. The standard InChI is InChI=1S/C13H12Cl3F3N2/c1-6(5-13(17,18)19)21-11-4-9(16)8(15)3-10(11)20-12(21)7(2)14/h3-4,6-7H,5H2,1-2H3. The van der Waals surface area contributed by atoms with Crippen molar-refractivity contribution < 1.29 is 13.2 Å². The van der Waals surface area contributed by atoms with Crippen LogP contribution in [-0.2, 0) is 0 Å². The van der Waals surface area contributed by atoms with E-state index in [4.69, 9.17) is 34.8 Å². The first-order valence-electron chi connectivity index (χ1n) is 6.18. The van der Waals surface area contributed by atoms with Crippen LogP contribution in [-0.4, -0.2) is 15.7 Å². The molecule has 8 heteroatoms. The van der Waals surface area contributed by atoms with Crippen molar-refractivity contribution >= 4 is 45.8 Å². The molecule has 0 fully saturated rings. The van der Waals surface area contributed by atoms with Gasteiger partial charge in [0, 0.05) is 6.04 Å². The molecular weight excluding hydrogens is 348 g/mol. The number of halogens is 6. The Hall–Kier alpha value is -0.650. The van der Waals surface area contributed by atoms with Crippen LogP contribution < -0.4 is 0 Å². The lowest BCUT2D eigenvalue weighted by Gasteiger charge is -2.20. The number of rotatable bonds is 3. The highest BCUT2D eigenvalue weighted by Gasteiger charge is 2.32. The fourth-order valence-electron chi connectivity index (χ4n) is 2.28. The fraction of sp³-hybridized carbons (Fsp3) is 0.462. The number of fused-ring (bicyclic) bond motifs is 1. The summed E-state index contributed by atoms with van der Waals surface area (Å²) < 4.78 is 39.5.